The Balaban J connectivity index is 1.50. The monoisotopic (exact) mass is 458 g/mol. The molecule has 0 saturated heterocycles. The lowest BCUT2D eigenvalue weighted by molar-refractivity contribution is -0.115. The van der Waals surface area contributed by atoms with Crippen LogP contribution in [0.25, 0.3) is 22.0 Å². The van der Waals surface area contributed by atoms with Crippen molar-refractivity contribution >= 4 is 34.1 Å². The lowest BCUT2D eigenvalue weighted by atomic mass is 9.92. The molecule has 166 valence electrons. The maximum atomic E-state index is 13.2. The molecule has 2 heterocycles. The van der Waals surface area contributed by atoms with Crippen LogP contribution in [0.4, 0.5) is 5.69 Å². The molecule has 1 amide bonds. The number of pyridine rings is 1. The van der Waals surface area contributed by atoms with Gasteiger partial charge in [-0.25, -0.2) is 0 Å². The molecule has 1 aliphatic heterocycles. The van der Waals surface area contributed by atoms with Crippen LogP contribution in [0.3, 0.4) is 0 Å². The second-order valence-corrected chi connectivity index (χ2v) is 8.40. The van der Waals surface area contributed by atoms with Crippen molar-refractivity contribution < 1.29 is 14.3 Å². The zero-order chi connectivity index (χ0) is 22.8. The van der Waals surface area contributed by atoms with Gasteiger partial charge in [0.05, 0.1) is 35.9 Å². The molecule has 5 rings (SSSR count). The number of anilines is 1. The van der Waals surface area contributed by atoms with Crippen molar-refractivity contribution in [1.29, 1.82) is 0 Å². The summed E-state index contributed by atoms with van der Waals surface area (Å²) < 4.78 is 11.4. The number of halogens is 1. The van der Waals surface area contributed by atoms with E-state index in [-0.39, 0.29) is 12.3 Å². The number of carbonyl (C=O) groups excluding carboxylic acids is 1. The summed E-state index contributed by atoms with van der Waals surface area (Å²) in [6, 6.07) is 21.5. The molecule has 5 nitrogen and oxygen atoms in total. The molecular formula is C27H23ClN2O3. The van der Waals surface area contributed by atoms with E-state index in [1.807, 2.05) is 49.4 Å². The van der Waals surface area contributed by atoms with Crippen LogP contribution in [0.5, 0.6) is 11.5 Å². The zero-order valence-electron chi connectivity index (χ0n) is 18.2. The van der Waals surface area contributed by atoms with Crippen molar-refractivity contribution in [3.05, 3.63) is 83.0 Å². The number of rotatable bonds is 4. The van der Waals surface area contributed by atoms with Gasteiger partial charge in [-0.3, -0.25) is 9.78 Å². The number of benzene rings is 3. The Labute approximate surface area is 197 Å². The third-order valence-corrected chi connectivity index (χ3v) is 6.02. The van der Waals surface area contributed by atoms with Crippen LogP contribution in [0, 0.1) is 6.92 Å². The first-order valence-electron chi connectivity index (χ1n) is 10.9. The number of ether oxygens (including phenoxy) is 2. The van der Waals surface area contributed by atoms with E-state index >= 15 is 0 Å². The van der Waals surface area contributed by atoms with Crippen molar-refractivity contribution in [3.63, 3.8) is 0 Å². The van der Waals surface area contributed by atoms with Crippen LogP contribution in [0.1, 0.15) is 17.7 Å². The fourth-order valence-corrected chi connectivity index (χ4v) is 4.36. The maximum Gasteiger partial charge on any atom is 0.228 e. The number of nitrogens with zero attached hydrogens (tertiary/aromatic N) is 1. The highest BCUT2D eigenvalue weighted by atomic mass is 35.5. The van der Waals surface area contributed by atoms with E-state index in [2.05, 4.69) is 17.4 Å². The maximum absolute atomic E-state index is 13.2. The van der Waals surface area contributed by atoms with Gasteiger partial charge in [0, 0.05) is 29.6 Å². The molecular weight excluding hydrogens is 436 g/mol. The first-order valence-corrected chi connectivity index (χ1v) is 11.3. The molecule has 4 aromatic rings. The average molecular weight is 459 g/mol. The van der Waals surface area contributed by atoms with Gasteiger partial charge in [-0.05, 0) is 29.7 Å². The van der Waals surface area contributed by atoms with E-state index in [0.717, 1.165) is 39.7 Å². The molecule has 1 N–H and O–H groups in total. The third kappa shape index (κ3) is 4.37. The number of hydrogen-bond donors (Lipinski definition) is 1. The van der Waals surface area contributed by atoms with Crippen LogP contribution in [0.2, 0.25) is 5.02 Å². The van der Waals surface area contributed by atoms with Crippen LogP contribution < -0.4 is 14.8 Å². The molecule has 6 heteroatoms. The standard InChI is InChI=1S/C27H23ClN2O3/c1-17-20(27(18-8-3-2-4-9-18)19-10-5-6-11-22(19)29-17)14-26(31)30-23-16-25-24(15-21(23)28)32-12-7-13-33-25/h2-6,8-11,15-16H,7,12-14H2,1H3,(H,30,31). The number of nitrogens with one attached hydrogen (secondary N) is 1. The summed E-state index contributed by atoms with van der Waals surface area (Å²) in [6.45, 7) is 3.08. The predicted octanol–water partition coefficient (Wildman–Crippen LogP) is 6.21. The summed E-state index contributed by atoms with van der Waals surface area (Å²) >= 11 is 6.44. The number of amides is 1. The Morgan fingerprint density at radius 1 is 1.00 bits per heavy atom. The number of carbonyl (C=O) groups is 1. The molecule has 3 aromatic carbocycles. The van der Waals surface area contributed by atoms with E-state index < -0.39 is 0 Å². The Morgan fingerprint density at radius 3 is 2.48 bits per heavy atom. The normalized spacial score (nSPS) is 12.9. The number of aromatic nitrogens is 1. The van der Waals surface area contributed by atoms with E-state index in [4.69, 9.17) is 26.1 Å². The van der Waals surface area contributed by atoms with Crippen LogP contribution >= 0.6 is 11.6 Å². The lowest BCUT2D eigenvalue weighted by Gasteiger charge is -2.17. The van der Waals surface area contributed by atoms with Gasteiger partial charge in [-0.15, -0.1) is 0 Å². The molecule has 0 unspecified atom stereocenters. The highest BCUT2D eigenvalue weighted by Gasteiger charge is 2.19. The first kappa shape index (κ1) is 21.3. The largest absolute Gasteiger partial charge is 0.490 e. The van der Waals surface area contributed by atoms with Gasteiger partial charge >= 0.3 is 0 Å². The fraction of sp³-hybridized carbons (Fsp3) is 0.185. The predicted molar refractivity (Wildman–Crippen MR) is 131 cm³/mol. The molecule has 1 aromatic heterocycles. The summed E-state index contributed by atoms with van der Waals surface area (Å²) in [5.41, 5.74) is 5.20. The number of fused-ring (bicyclic) bond motifs is 2. The van der Waals surface area contributed by atoms with Gasteiger partial charge in [0.1, 0.15) is 0 Å². The van der Waals surface area contributed by atoms with Gasteiger partial charge in [0.25, 0.3) is 0 Å². The Kier molecular flexibility index (Phi) is 5.88. The lowest BCUT2D eigenvalue weighted by Crippen LogP contribution is -2.17. The van der Waals surface area contributed by atoms with Crippen molar-refractivity contribution in [1.82, 2.24) is 4.98 Å². The van der Waals surface area contributed by atoms with Crippen LogP contribution in [-0.2, 0) is 11.2 Å². The summed E-state index contributed by atoms with van der Waals surface area (Å²) in [5, 5.41) is 4.37. The summed E-state index contributed by atoms with van der Waals surface area (Å²) in [7, 11) is 0. The van der Waals surface area contributed by atoms with Crippen molar-refractivity contribution in [2.24, 2.45) is 0 Å². The molecule has 0 saturated carbocycles. The SMILES string of the molecule is Cc1nc2ccccc2c(-c2ccccc2)c1CC(=O)Nc1cc2c(cc1Cl)OCCCO2. The summed E-state index contributed by atoms with van der Waals surface area (Å²) in [5.74, 6) is 1.00. The van der Waals surface area contributed by atoms with Crippen molar-refractivity contribution in [3.8, 4) is 22.6 Å². The molecule has 0 atom stereocenters. The van der Waals surface area contributed by atoms with E-state index in [1.54, 1.807) is 12.1 Å². The van der Waals surface area contributed by atoms with Crippen molar-refractivity contribution in [2.75, 3.05) is 18.5 Å². The second kappa shape index (κ2) is 9.12. The van der Waals surface area contributed by atoms with Gasteiger partial charge in [0.2, 0.25) is 5.91 Å². The number of para-hydroxylation sites is 1. The second-order valence-electron chi connectivity index (χ2n) is 7.99. The molecule has 0 spiro atoms. The third-order valence-electron chi connectivity index (χ3n) is 5.71. The zero-order valence-corrected chi connectivity index (χ0v) is 19.0. The smallest absolute Gasteiger partial charge is 0.228 e. The average Bonchev–Trinajstić information content (AvgIpc) is 3.05. The Bertz CT molecular complexity index is 1340. The minimum Gasteiger partial charge on any atom is -0.490 e. The topological polar surface area (TPSA) is 60.5 Å². The highest BCUT2D eigenvalue weighted by molar-refractivity contribution is 6.34. The highest BCUT2D eigenvalue weighted by Crippen LogP contribution is 2.38. The van der Waals surface area contributed by atoms with Gasteiger partial charge in [0.15, 0.2) is 11.5 Å². The summed E-state index contributed by atoms with van der Waals surface area (Å²) in [6.07, 6.45) is 0.961. The van der Waals surface area contributed by atoms with E-state index in [0.29, 0.717) is 35.4 Å². The number of hydrogen-bond acceptors (Lipinski definition) is 4. The van der Waals surface area contributed by atoms with E-state index in [1.165, 1.54) is 0 Å². The van der Waals surface area contributed by atoms with Gasteiger partial charge in [-0.1, -0.05) is 60.1 Å². The van der Waals surface area contributed by atoms with Crippen LogP contribution in [0.15, 0.2) is 66.7 Å². The molecule has 0 fully saturated rings. The fourth-order valence-electron chi connectivity index (χ4n) is 4.16. The Morgan fingerprint density at radius 2 is 1.70 bits per heavy atom. The van der Waals surface area contributed by atoms with Crippen molar-refractivity contribution in [2.45, 2.75) is 19.8 Å². The molecule has 0 radical (unpaired) electrons. The number of aryl methyl sites for hydroxylation is 1. The first-order chi connectivity index (χ1) is 16.1. The van der Waals surface area contributed by atoms with E-state index in [9.17, 15) is 4.79 Å². The molecule has 1 aliphatic rings. The Hall–Kier alpha value is -3.57. The minimum atomic E-state index is -0.177. The minimum absolute atomic E-state index is 0.165. The van der Waals surface area contributed by atoms with Crippen LogP contribution in [-0.4, -0.2) is 24.1 Å². The molecule has 33 heavy (non-hydrogen) atoms. The summed E-state index contributed by atoms with van der Waals surface area (Å²) in [4.78, 5) is 17.9. The molecule has 0 aliphatic carbocycles. The quantitative estimate of drug-likeness (QED) is 0.395. The van der Waals surface area contributed by atoms with Gasteiger partial charge < -0.3 is 14.8 Å². The molecule has 0 bridgehead atoms. The van der Waals surface area contributed by atoms with Gasteiger partial charge in [-0.2, -0.15) is 0 Å².